The van der Waals surface area contributed by atoms with Gasteiger partial charge in [0, 0.05) is 5.69 Å². The highest BCUT2D eigenvalue weighted by molar-refractivity contribution is 5.90. The molecule has 1 rings (SSSR count). The quantitative estimate of drug-likeness (QED) is 0.681. The van der Waals surface area contributed by atoms with E-state index in [0.717, 1.165) is 11.1 Å². The summed E-state index contributed by atoms with van der Waals surface area (Å²) in [7, 11) is 0. The molecular formula is C10H13NO2. The molecule has 0 aliphatic rings. The molecule has 0 spiro atoms. The maximum Gasteiger partial charge on any atom is 0.335 e. The van der Waals surface area contributed by atoms with Crippen molar-refractivity contribution in [1.82, 2.24) is 0 Å². The number of benzene rings is 1. The Morgan fingerprint density at radius 3 is 2.62 bits per heavy atom. The topological polar surface area (TPSA) is 63.3 Å². The van der Waals surface area contributed by atoms with Crippen molar-refractivity contribution in [3.05, 3.63) is 28.8 Å². The van der Waals surface area contributed by atoms with Gasteiger partial charge >= 0.3 is 5.97 Å². The molecule has 70 valence electrons. The molecule has 13 heavy (non-hydrogen) atoms. The second-order valence-electron chi connectivity index (χ2n) is 2.96. The van der Waals surface area contributed by atoms with E-state index in [9.17, 15) is 4.79 Å². The van der Waals surface area contributed by atoms with Crippen LogP contribution in [0.15, 0.2) is 12.1 Å². The summed E-state index contributed by atoms with van der Waals surface area (Å²) in [5.74, 6) is -0.889. The lowest BCUT2D eigenvalue weighted by molar-refractivity contribution is 0.0695. The van der Waals surface area contributed by atoms with Crippen molar-refractivity contribution in [3.63, 3.8) is 0 Å². The number of hydrogen-bond donors (Lipinski definition) is 2. The van der Waals surface area contributed by atoms with Crippen LogP contribution in [0.4, 0.5) is 5.69 Å². The number of carbonyl (C=O) groups is 1. The predicted octanol–water partition coefficient (Wildman–Crippen LogP) is 1.84. The zero-order valence-electron chi connectivity index (χ0n) is 7.79. The van der Waals surface area contributed by atoms with Crippen LogP contribution in [-0.2, 0) is 6.42 Å². The van der Waals surface area contributed by atoms with E-state index >= 15 is 0 Å². The van der Waals surface area contributed by atoms with Crippen LogP contribution in [0.2, 0.25) is 0 Å². The summed E-state index contributed by atoms with van der Waals surface area (Å²) in [5, 5.41) is 8.87. The Morgan fingerprint density at radius 1 is 1.54 bits per heavy atom. The first-order chi connectivity index (χ1) is 6.07. The smallest absolute Gasteiger partial charge is 0.335 e. The number of hydrogen-bond acceptors (Lipinski definition) is 2. The Morgan fingerprint density at radius 2 is 2.15 bits per heavy atom. The number of nitrogen functional groups attached to an aromatic ring is 1. The third kappa shape index (κ3) is 1.64. The molecule has 0 aromatic heterocycles. The highest BCUT2D eigenvalue weighted by Gasteiger charge is 2.11. The molecule has 3 N–H and O–H groups in total. The summed E-state index contributed by atoms with van der Waals surface area (Å²) in [4.78, 5) is 10.8. The van der Waals surface area contributed by atoms with Gasteiger partial charge in [-0.15, -0.1) is 0 Å². The SMILES string of the molecule is CCc1c(C(=O)O)ccc(N)c1C. The number of carboxylic acids is 1. The van der Waals surface area contributed by atoms with Crippen molar-refractivity contribution < 1.29 is 9.90 Å². The van der Waals surface area contributed by atoms with Crippen molar-refractivity contribution >= 4 is 11.7 Å². The molecule has 0 heterocycles. The van der Waals surface area contributed by atoms with Gasteiger partial charge in [0.05, 0.1) is 5.56 Å². The van der Waals surface area contributed by atoms with Crippen LogP contribution >= 0.6 is 0 Å². The molecule has 0 unspecified atom stereocenters. The molecule has 0 aliphatic carbocycles. The monoisotopic (exact) mass is 179 g/mol. The molecule has 0 saturated heterocycles. The van der Waals surface area contributed by atoms with Crippen LogP contribution in [0.1, 0.15) is 28.4 Å². The standard InChI is InChI=1S/C10H13NO2/c1-3-7-6(2)9(11)5-4-8(7)10(12)13/h4-5H,3,11H2,1-2H3,(H,12,13). The van der Waals surface area contributed by atoms with E-state index in [1.165, 1.54) is 0 Å². The van der Waals surface area contributed by atoms with Crippen LogP contribution in [0.25, 0.3) is 0 Å². The van der Waals surface area contributed by atoms with Gasteiger partial charge in [0.2, 0.25) is 0 Å². The predicted molar refractivity (Wildman–Crippen MR) is 51.9 cm³/mol. The average Bonchev–Trinajstić information content (AvgIpc) is 2.09. The summed E-state index contributed by atoms with van der Waals surface area (Å²) in [6, 6.07) is 3.20. The van der Waals surface area contributed by atoms with E-state index < -0.39 is 5.97 Å². The minimum Gasteiger partial charge on any atom is -0.478 e. The van der Waals surface area contributed by atoms with Gasteiger partial charge < -0.3 is 10.8 Å². The second kappa shape index (κ2) is 3.47. The first-order valence-electron chi connectivity index (χ1n) is 4.19. The van der Waals surface area contributed by atoms with E-state index in [1.54, 1.807) is 12.1 Å². The minimum absolute atomic E-state index is 0.356. The number of carboxylic acid groups (broad SMARTS) is 1. The fourth-order valence-corrected chi connectivity index (χ4v) is 1.43. The van der Waals surface area contributed by atoms with E-state index in [4.69, 9.17) is 10.8 Å². The Kier molecular flexibility index (Phi) is 2.56. The molecule has 0 atom stereocenters. The summed E-state index contributed by atoms with van der Waals surface area (Å²) >= 11 is 0. The van der Waals surface area contributed by atoms with Gasteiger partial charge in [-0.1, -0.05) is 6.92 Å². The number of rotatable bonds is 2. The van der Waals surface area contributed by atoms with Gasteiger partial charge in [0.25, 0.3) is 0 Å². The molecule has 0 radical (unpaired) electrons. The van der Waals surface area contributed by atoms with Crippen molar-refractivity contribution in [1.29, 1.82) is 0 Å². The fourth-order valence-electron chi connectivity index (χ4n) is 1.43. The van der Waals surface area contributed by atoms with E-state index in [1.807, 2.05) is 13.8 Å². The third-order valence-electron chi connectivity index (χ3n) is 2.22. The lowest BCUT2D eigenvalue weighted by Crippen LogP contribution is -2.05. The van der Waals surface area contributed by atoms with Gasteiger partial charge in [-0.25, -0.2) is 4.79 Å². The number of anilines is 1. The Balaban J connectivity index is 3.38. The number of aromatic carboxylic acids is 1. The lowest BCUT2D eigenvalue weighted by Gasteiger charge is -2.09. The zero-order chi connectivity index (χ0) is 10.0. The molecule has 0 bridgehead atoms. The van der Waals surface area contributed by atoms with E-state index in [2.05, 4.69) is 0 Å². The van der Waals surface area contributed by atoms with Gasteiger partial charge in [-0.3, -0.25) is 0 Å². The van der Waals surface area contributed by atoms with E-state index in [0.29, 0.717) is 17.7 Å². The Hall–Kier alpha value is -1.51. The van der Waals surface area contributed by atoms with E-state index in [-0.39, 0.29) is 0 Å². The zero-order valence-corrected chi connectivity index (χ0v) is 7.79. The Labute approximate surface area is 77.2 Å². The molecule has 1 aromatic rings. The van der Waals surface area contributed by atoms with Crippen molar-refractivity contribution in [2.45, 2.75) is 20.3 Å². The summed E-state index contributed by atoms with van der Waals surface area (Å²) in [6.45, 7) is 3.77. The largest absolute Gasteiger partial charge is 0.478 e. The Bertz CT molecular complexity index is 345. The average molecular weight is 179 g/mol. The molecule has 1 aromatic carbocycles. The highest BCUT2D eigenvalue weighted by Crippen LogP contribution is 2.20. The highest BCUT2D eigenvalue weighted by atomic mass is 16.4. The van der Waals surface area contributed by atoms with Crippen molar-refractivity contribution in [3.8, 4) is 0 Å². The van der Waals surface area contributed by atoms with Gasteiger partial charge in [-0.2, -0.15) is 0 Å². The van der Waals surface area contributed by atoms with Gasteiger partial charge in [0.1, 0.15) is 0 Å². The molecule has 0 fully saturated rings. The molecule has 3 nitrogen and oxygen atoms in total. The van der Waals surface area contributed by atoms with Crippen LogP contribution in [0.5, 0.6) is 0 Å². The minimum atomic E-state index is -0.889. The maximum atomic E-state index is 10.8. The summed E-state index contributed by atoms with van der Waals surface area (Å²) < 4.78 is 0. The lowest BCUT2D eigenvalue weighted by atomic mass is 9.98. The summed E-state index contributed by atoms with van der Waals surface area (Å²) in [5.41, 5.74) is 8.39. The molecule has 0 amide bonds. The van der Waals surface area contributed by atoms with Gasteiger partial charge in [-0.05, 0) is 36.6 Å². The second-order valence-corrected chi connectivity index (χ2v) is 2.96. The third-order valence-corrected chi connectivity index (χ3v) is 2.22. The van der Waals surface area contributed by atoms with Crippen LogP contribution in [0, 0.1) is 6.92 Å². The molecule has 3 heteroatoms. The summed E-state index contributed by atoms with van der Waals surface area (Å²) in [6.07, 6.45) is 0.693. The molecule has 0 aliphatic heterocycles. The van der Waals surface area contributed by atoms with Crippen LogP contribution in [-0.4, -0.2) is 11.1 Å². The van der Waals surface area contributed by atoms with Gasteiger partial charge in [0.15, 0.2) is 0 Å². The fraction of sp³-hybridized carbons (Fsp3) is 0.300. The van der Waals surface area contributed by atoms with Crippen LogP contribution in [0.3, 0.4) is 0 Å². The first kappa shape index (κ1) is 9.58. The molecule has 0 saturated carbocycles. The van der Waals surface area contributed by atoms with Crippen LogP contribution < -0.4 is 5.73 Å². The van der Waals surface area contributed by atoms with Crippen molar-refractivity contribution in [2.75, 3.05) is 5.73 Å². The maximum absolute atomic E-state index is 10.8. The van der Waals surface area contributed by atoms with Crippen molar-refractivity contribution in [2.24, 2.45) is 0 Å². The molecular weight excluding hydrogens is 166 g/mol. The first-order valence-corrected chi connectivity index (χ1v) is 4.19. The number of nitrogens with two attached hydrogens (primary N) is 1. The normalized spacial score (nSPS) is 10.0.